The second-order valence-corrected chi connectivity index (χ2v) is 11.5. The Morgan fingerprint density at radius 2 is 0.660 bits per heavy atom. The van der Waals surface area contributed by atoms with Gasteiger partial charge >= 0.3 is 47.8 Å². The highest BCUT2D eigenvalue weighted by Crippen LogP contribution is 2.41. The number of carbonyl (C=O) groups excluding carboxylic acids is 8. The first kappa shape index (κ1) is 39.2. The Hall–Kier alpha value is -3.97. The number of carbonyl (C=O) groups is 8. The molecule has 2 aliphatic rings. The van der Waals surface area contributed by atoms with Gasteiger partial charge in [0.1, 0.15) is 36.3 Å². The van der Waals surface area contributed by atoms with Gasteiger partial charge in [0.25, 0.3) is 0 Å². The van der Waals surface area contributed by atoms with Crippen LogP contribution in [0.5, 0.6) is 0 Å². The van der Waals surface area contributed by atoms with Crippen molar-refractivity contribution in [1.29, 1.82) is 0 Å². The monoisotopic (exact) mass is 694 g/mol. The number of hydrogen-bond acceptors (Lipinski definition) is 19. The highest BCUT2D eigenvalue weighted by Gasteiger charge is 2.57. The Morgan fingerprint density at radius 3 is 0.915 bits per heavy atom. The lowest BCUT2D eigenvalue weighted by Crippen LogP contribution is -2.64. The summed E-state index contributed by atoms with van der Waals surface area (Å²) in [7, 11) is 0. The first-order valence-corrected chi connectivity index (χ1v) is 15.1. The van der Waals surface area contributed by atoms with Crippen LogP contribution >= 0.6 is 11.8 Å². The van der Waals surface area contributed by atoms with Crippen molar-refractivity contribution in [3.8, 4) is 0 Å². The van der Waals surface area contributed by atoms with Crippen LogP contribution in [-0.4, -0.2) is 121 Å². The summed E-state index contributed by atoms with van der Waals surface area (Å²) in [6.45, 7) is 7.50. The minimum Gasteiger partial charge on any atom is -0.463 e. The summed E-state index contributed by atoms with van der Waals surface area (Å²) in [6.07, 6.45) is -11.7. The lowest BCUT2D eigenvalue weighted by atomic mass is 9.99. The molecule has 19 heteroatoms. The SMILES string of the molecule is CC(=O)OC[C@H]1O[C@@H](S[C@@H]2O[C@H](COC(C)=O)[C@@H](OC(C)=O)[C@H](OC(C)=O)[C@H]2OC(C)=O)[C@H](OC(C)=O)[C@@H](OC(C)=O)[C@@H]1OC(C)=O. The lowest BCUT2D eigenvalue weighted by Gasteiger charge is -2.47. The number of esters is 8. The molecule has 2 saturated heterocycles. The molecule has 0 radical (unpaired) electrons. The van der Waals surface area contributed by atoms with Crippen LogP contribution in [0.3, 0.4) is 0 Å². The molecule has 2 rings (SSSR count). The van der Waals surface area contributed by atoms with Crippen LogP contribution < -0.4 is 0 Å². The van der Waals surface area contributed by atoms with E-state index in [2.05, 4.69) is 0 Å². The molecule has 264 valence electrons. The van der Waals surface area contributed by atoms with Crippen LogP contribution in [-0.2, 0) is 85.7 Å². The molecule has 10 atom stereocenters. The van der Waals surface area contributed by atoms with Crippen LogP contribution in [0.15, 0.2) is 0 Å². The maximum absolute atomic E-state index is 12.3. The Kier molecular flexibility index (Phi) is 14.9. The molecule has 0 spiro atoms. The van der Waals surface area contributed by atoms with Gasteiger partial charge in [0.2, 0.25) is 0 Å². The first-order chi connectivity index (χ1) is 21.9. The van der Waals surface area contributed by atoms with Gasteiger partial charge in [-0.15, -0.1) is 0 Å². The normalized spacial score (nSPS) is 30.0. The maximum atomic E-state index is 12.3. The number of ether oxygens (including phenoxy) is 10. The van der Waals surface area contributed by atoms with E-state index in [-0.39, 0.29) is 0 Å². The van der Waals surface area contributed by atoms with Crippen LogP contribution in [0.25, 0.3) is 0 Å². The lowest BCUT2D eigenvalue weighted by molar-refractivity contribution is -0.243. The molecule has 47 heavy (non-hydrogen) atoms. The molecule has 2 heterocycles. The zero-order chi connectivity index (χ0) is 35.6. The topological polar surface area (TPSA) is 229 Å². The predicted molar refractivity (Wildman–Crippen MR) is 152 cm³/mol. The van der Waals surface area contributed by atoms with Crippen molar-refractivity contribution in [2.75, 3.05) is 13.2 Å². The minimum absolute atomic E-state index is 0.520. The highest BCUT2D eigenvalue weighted by atomic mass is 32.2. The zero-order valence-electron chi connectivity index (χ0n) is 26.9. The van der Waals surface area contributed by atoms with Gasteiger partial charge in [-0.3, -0.25) is 38.4 Å². The molecule has 0 N–H and O–H groups in total. The average Bonchev–Trinajstić information content (AvgIpc) is 2.91. The van der Waals surface area contributed by atoms with E-state index in [1.54, 1.807) is 0 Å². The largest absolute Gasteiger partial charge is 0.463 e. The summed E-state index contributed by atoms with van der Waals surface area (Å²) in [5.41, 5.74) is -2.84. The van der Waals surface area contributed by atoms with E-state index in [0.717, 1.165) is 55.4 Å². The van der Waals surface area contributed by atoms with Crippen molar-refractivity contribution >= 4 is 59.5 Å². The summed E-state index contributed by atoms with van der Waals surface area (Å²) in [6, 6.07) is 0. The van der Waals surface area contributed by atoms with Gasteiger partial charge < -0.3 is 47.4 Å². The third-order valence-corrected chi connectivity index (χ3v) is 7.46. The van der Waals surface area contributed by atoms with Crippen molar-refractivity contribution in [3.05, 3.63) is 0 Å². The molecule has 0 bridgehead atoms. The summed E-state index contributed by atoms with van der Waals surface area (Å²) >= 11 is 0.678. The van der Waals surface area contributed by atoms with Crippen molar-refractivity contribution in [2.45, 2.75) is 115 Å². The molecule has 0 amide bonds. The number of thioether (sulfide) groups is 1. The van der Waals surface area contributed by atoms with Gasteiger partial charge in [-0.25, -0.2) is 0 Å². The average molecular weight is 695 g/mol. The molecular weight excluding hydrogens is 656 g/mol. The van der Waals surface area contributed by atoms with E-state index in [0.29, 0.717) is 11.8 Å². The fourth-order valence-corrected chi connectivity index (χ4v) is 6.14. The Balaban J connectivity index is 2.69. The minimum atomic E-state index is -1.54. The van der Waals surface area contributed by atoms with Crippen molar-refractivity contribution in [2.24, 2.45) is 0 Å². The van der Waals surface area contributed by atoms with E-state index in [4.69, 9.17) is 47.4 Å². The predicted octanol–water partition coefficient (Wildman–Crippen LogP) is -0.114. The van der Waals surface area contributed by atoms with Gasteiger partial charge in [0.15, 0.2) is 36.6 Å². The van der Waals surface area contributed by atoms with Crippen LogP contribution in [0.1, 0.15) is 55.4 Å². The summed E-state index contributed by atoms with van der Waals surface area (Å²) in [5, 5.41) is 0. The summed E-state index contributed by atoms with van der Waals surface area (Å²) in [4.78, 5) is 96.4. The molecule has 0 aromatic heterocycles. The molecule has 0 aromatic rings. The molecule has 2 fully saturated rings. The molecule has 18 nitrogen and oxygen atoms in total. The fourth-order valence-electron chi connectivity index (χ4n) is 4.73. The Morgan fingerprint density at radius 1 is 0.404 bits per heavy atom. The van der Waals surface area contributed by atoms with Crippen molar-refractivity contribution in [3.63, 3.8) is 0 Å². The van der Waals surface area contributed by atoms with E-state index in [1.165, 1.54) is 0 Å². The molecule has 2 aliphatic heterocycles. The van der Waals surface area contributed by atoms with Gasteiger partial charge in [0.05, 0.1) is 0 Å². The quantitative estimate of drug-likeness (QED) is 0.192. The smallest absolute Gasteiger partial charge is 0.303 e. The second kappa shape index (κ2) is 17.8. The first-order valence-electron chi connectivity index (χ1n) is 14.2. The second-order valence-electron chi connectivity index (χ2n) is 10.3. The Labute approximate surface area is 273 Å². The molecular formula is C28H38O18S. The van der Waals surface area contributed by atoms with Crippen molar-refractivity contribution in [1.82, 2.24) is 0 Å². The third-order valence-electron chi connectivity index (χ3n) is 6.16. The van der Waals surface area contributed by atoms with Crippen LogP contribution in [0.4, 0.5) is 0 Å². The van der Waals surface area contributed by atoms with E-state index in [1.807, 2.05) is 0 Å². The van der Waals surface area contributed by atoms with Crippen LogP contribution in [0, 0.1) is 0 Å². The van der Waals surface area contributed by atoms with E-state index in [9.17, 15) is 38.4 Å². The van der Waals surface area contributed by atoms with Gasteiger partial charge in [-0.1, -0.05) is 11.8 Å². The maximum Gasteiger partial charge on any atom is 0.303 e. The van der Waals surface area contributed by atoms with E-state index >= 15 is 0 Å². The van der Waals surface area contributed by atoms with Crippen LogP contribution in [0.2, 0.25) is 0 Å². The molecule has 0 aromatic carbocycles. The van der Waals surface area contributed by atoms with Gasteiger partial charge in [-0.2, -0.15) is 0 Å². The van der Waals surface area contributed by atoms with Crippen molar-refractivity contribution < 1.29 is 85.7 Å². The molecule has 0 unspecified atom stereocenters. The van der Waals surface area contributed by atoms with Gasteiger partial charge in [0, 0.05) is 55.4 Å². The molecule has 0 aliphatic carbocycles. The highest BCUT2D eigenvalue weighted by molar-refractivity contribution is 8.00. The number of hydrogen-bond donors (Lipinski definition) is 0. The van der Waals surface area contributed by atoms with E-state index < -0.39 is 121 Å². The Bertz CT molecular complexity index is 1110. The third kappa shape index (κ3) is 12.3. The standard InChI is InChI=1S/C28H38O18S/c1-11(29)37-9-19-21(39-13(3)31)23(41-15(5)33)25(43-17(7)35)27(45-19)47-28-26(44-18(8)36)24(42-16(6)34)22(40-14(4)32)20(46-28)10-38-12(2)30/h19-28H,9-10H2,1-8H3/t19-,20-,21-,22-,23+,24+,25-,26-,27+,28+/m1/s1. The van der Waals surface area contributed by atoms with Gasteiger partial charge in [-0.05, 0) is 0 Å². The zero-order valence-corrected chi connectivity index (χ0v) is 27.8. The molecule has 0 saturated carbocycles. The summed E-state index contributed by atoms with van der Waals surface area (Å²) < 4.78 is 55.0. The summed E-state index contributed by atoms with van der Waals surface area (Å²) in [5.74, 6) is -6.62. The number of rotatable bonds is 12. The fraction of sp³-hybridized carbons (Fsp3) is 0.714.